The van der Waals surface area contributed by atoms with Crippen molar-refractivity contribution in [3.63, 3.8) is 0 Å². The Bertz CT molecular complexity index is 824. The number of nitrogens with one attached hydrogen (secondary N) is 2. The minimum Gasteiger partial charge on any atom is -0.380 e. The third-order valence-corrected chi connectivity index (χ3v) is 5.56. The van der Waals surface area contributed by atoms with E-state index in [2.05, 4.69) is 20.6 Å². The maximum Gasteiger partial charge on any atom is 0.253 e. The van der Waals surface area contributed by atoms with Crippen LogP contribution in [0.15, 0.2) is 43.0 Å². The van der Waals surface area contributed by atoms with E-state index in [1.807, 2.05) is 12.1 Å². The van der Waals surface area contributed by atoms with E-state index in [1.54, 1.807) is 24.7 Å². The number of carbonyl (C=O) groups is 1. The Morgan fingerprint density at radius 2 is 2.12 bits per heavy atom. The lowest BCUT2D eigenvalue weighted by Crippen LogP contribution is -2.35. The van der Waals surface area contributed by atoms with Crippen LogP contribution in [0.1, 0.15) is 22.3 Å². The van der Waals surface area contributed by atoms with E-state index in [1.165, 1.54) is 6.20 Å². The number of anilines is 1. The number of aromatic nitrogens is 2. The Morgan fingerprint density at radius 3 is 2.83 bits per heavy atom. The zero-order chi connectivity index (χ0) is 17.0. The molecule has 1 amide bonds. The van der Waals surface area contributed by atoms with Crippen molar-refractivity contribution in [2.24, 2.45) is 0 Å². The van der Waals surface area contributed by atoms with Gasteiger partial charge < -0.3 is 10.6 Å². The van der Waals surface area contributed by atoms with Crippen LogP contribution in [0.5, 0.6) is 0 Å². The van der Waals surface area contributed by atoms with Crippen LogP contribution in [0.3, 0.4) is 0 Å². The van der Waals surface area contributed by atoms with Gasteiger partial charge in [-0.1, -0.05) is 6.07 Å². The maximum atomic E-state index is 12.3. The fraction of sp³-hybridized carbons (Fsp3) is 0.312. The highest BCUT2D eigenvalue weighted by Gasteiger charge is 2.29. The molecule has 0 aliphatic carbocycles. The zero-order valence-corrected chi connectivity index (χ0v) is 13.8. The third-order valence-electron chi connectivity index (χ3n) is 3.79. The van der Waals surface area contributed by atoms with Gasteiger partial charge in [-0.2, -0.15) is 0 Å². The monoisotopic (exact) mass is 346 g/mol. The number of rotatable bonds is 5. The summed E-state index contributed by atoms with van der Waals surface area (Å²) in [5.41, 5.74) is 2.13. The average molecular weight is 346 g/mol. The number of carbonyl (C=O) groups excluding carboxylic acids is 1. The topological polar surface area (TPSA) is 101 Å². The summed E-state index contributed by atoms with van der Waals surface area (Å²) in [6.45, 7) is 0.571. The molecule has 1 aliphatic rings. The lowest BCUT2D eigenvalue weighted by Gasteiger charge is -2.12. The zero-order valence-electron chi connectivity index (χ0n) is 13.0. The van der Waals surface area contributed by atoms with E-state index < -0.39 is 9.84 Å². The molecule has 1 saturated heterocycles. The van der Waals surface area contributed by atoms with E-state index in [0.29, 0.717) is 24.2 Å². The van der Waals surface area contributed by atoms with Gasteiger partial charge >= 0.3 is 0 Å². The highest BCUT2D eigenvalue weighted by atomic mass is 32.2. The number of nitrogens with zero attached hydrogens (tertiary/aromatic N) is 2. The van der Waals surface area contributed by atoms with E-state index in [4.69, 9.17) is 0 Å². The fourth-order valence-electron chi connectivity index (χ4n) is 2.55. The van der Waals surface area contributed by atoms with Gasteiger partial charge in [-0.25, -0.2) is 8.42 Å². The molecule has 0 spiro atoms. The molecule has 7 nitrogen and oxygen atoms in total. The summed E-state index contributed by atoms with van der Waals surface area (Å²) in [5, 5.41) is 5.94. The minimum atomic E-state index is -3.02. The van der Waals surface area contributed by atoms with E-state index in [9.17, 15) is 13.2 Å². The number of hydrogen-bond donors (Lipinski definition) is 2. The molecule has 0 aromatic carbocycles. The molecule has 3 rings (SSSR count). The average Bonchev–Trinajstić information content (AvgIpc) is 2.93. The fourth-order valence-corrected chi connectivity index (χ4v) is 4.22. The smallest absolute Gasteiger partial charge is 0.253 e. The summed E-state index contributed by atoms with van der Waals surface area (Å²) in [5.74, 6) is -0.178. The number of pyridine rings is 2. The maximum absolute atomic E-state index is 12.3. The highest BCUT2D eigenvalue weighted by molar-refractivity contribution is 7.91. The molecular weight excluding hydrogens is 328 g/mol. The largest absolute Gasteiger partial charge is 0.380 e. The number of amides is 1. The molecule has 1 atom stereocenters. The van der Waals surface area contributed by atoms with Crippen LogP contribution in [0, 0.1) is 0 Å². The van der Waals surface area contributed by atoms with Gasteiger partial charge in [0, 0.05) is 37.4 Å². The molecule has 24 heavy (non-hydrogen) atoms. The van der Waals surface area contributed by atoms with E-state index in [0.717, 1.165) is 5.56 Å². The summed E-state index contributed by atoms with van der Waals surface area (Å²) >= 11 is 0. The van der Waals surface area contributed by atoms with Gasteiger partial charge in [0.1, 0.15) is 0 Å². The summed E-state index contributed by atoms with van der Waals surface area (Å²) < 4.78 is 22.9. The molecule has 1 unspecified atom stereocenters. The lowest BCUT2D eigenvalue weighted by atomic mass is 10.2. The molecule has 3 heterocycles. The summed E-state index contributed by atoms with van der Waals surface area (Å²) in [6, 6.07) is 5.18. The summed E-state index contributed by atoms with van der Waals surface area (Å²) in [7, 11) is -3.02. The minimum absolute atomic E-state index is 0.00508. The Balaban J connectivity index is 1.61. The van der Waals surface area contributed by atoms with Gasteiger partial charge in [0.2, 0.25) is 0 Å². The van der Waals surface area contributed by atoms with E-state index >= 15 is 0 Å². The van der Waals surface area contributed by atoms with Crippen molar-refractivity contribution < 1.29 is 13.2 Å². The van der Waals surface area contributed by atoms with Crippen LogP contribution in [0.25, 0.3) is 0 Å². The van der Waals surface area contributed by atoms with Crippen molar-refractivity contribution in [1.29, 1.82) is 0 Å². The molecule has 2 aromatic rings. The van der Waals surface area contributed by atoms with Gasteiger partial charge in [-0.15, -0.1) is 0 Å². The summed E-state index contributed by atoms with van der Waals surface area (Å²) in [6.07, 6.45) is 7.03. The van der Waals surface area contributed by atoms with Crippen LogP contribution < -0.4 is 10.6 Å². The normalized spacial score (nSPS) is 18.9. The molecule has 126 valence electrons. The first-order chi connectivity index (χ1) is 11.5. The molecule has 2 N–H and O–H groups in total. The Labute approximate surface area is 140 Å². The SMILES string of the molecule is O=C(NC1CCS(=O)(=O)C1)c1cncc(NCc2cccnc2)c1. The van der Waals surface area contributed by atoms with Gasteiger partial charge in [0.05, 0.1) is 22.8 Å². The first-order valence-corrected chi connectivity index (χ1v) is 9.43. The molecule has 1 aliphatic heterocycles. The van der Waals surface area contributed by atoms with Crippen molar-refractivity contribution in [2.75, 3.05) is 16.8 Å². The Hall–Kier alpha value is -2.48. The summed E-state index contributed by atoms with van der Waals surface area (Å²) in [4.78, 5) is 20.4. The second kappa shape index (κ2) is 6.96. The molecule has 0 bridgehead atoms. The first-order valence-electron chi connectivity index (χ1n) is 7.61. The predicted octanol–water partition coefficient (Wildman–Crippen LogP) is 1.01. The molecule has 1 fully saturated rings. The van der Waals surface area contributed by atoms with Crippen molar-refractivity contribution >= 4 is 21.4 Å². The predicted molar refractivity (Wildman–Crippen MR) is 90.3 cm³/mol. The molecular formula is C16H18N4O3S. The molecule has 0 saturated carbocycles. The first kappa shape index (κ1) is 16.4. The van der Waals surface area contributed by atoms with Crippen molar-refractivity contribution in [3.05, 3.63) is 54.1 Å². The Kier molecular flexibility index (Phi) is 4.75. The Morgan fingerprint density at radius 1 is 1.25 bits per heavy atom. The van der Waals surface area contributed by atoms with Crippen molar-refractivity contribution in [2.45, 2.75) is 19.0 Å². The number of hydrogen-bond acceptors (Lipinski definition) is 6. The van der Waals surface area contributed by atoms with Crippen LogP contribution in [0.2, 0.25) is 0 Å². The second-order valence-electron chi connectivity index (χ2n) is 5.75. The van der Waals surface area contributed by atoms with E-state index in [-0.39, 0.29) is 23.5 Å². The van der Waals surface area contributed by atoms with Gasteiger partial charge in [0.25, 0.3) is 5.91 Å². The third kappa shape index (κ3) is 4.29. The van der Waals surface area contributed by atoms with Crippen molar-refractivity contribution in [3.8, 4) is 0 Å². The van der Waals surface area contributed by atoms with Gasteiger partial charge in [-0.3, -0.25) is 14.8 Å². The molecule has 0 radical (unpaired) electrons. The lowest BCUT2D eigenvalue weighted by molar-refractivity contribution is 0.0941. The van der Waals surface area contributed by atoms with Crippen LogP contribution in [-0.4, -0.2) is 41.8 Å². The van der Waals surface area contributed by atoms with Crippen LogP contribution in [-0.2, 0) is 16.4 Å². The quantitative estimate of drug-likeness (QED) is 0.838. The number of sulfone groups is 1. The second-order valence-corrected chi connectivity index (χ2v) is 7.98. The van der Waals surface area contributed by atoms with Crippen LogP contribution in [0.4, 0.5) is 5.69 Å². The van der Waals surface area contributed by atoms with Crippen molar-refractivity contribution in [1.82, 2.24) is 15.3 Å². The molecule has 8 heteroatoms. The van der Waals surface area contributed by atoms with Gasteiger partial charge in [-0.05, 0) is 24.1 Å². The molecule has 2 aromatic heterocycles. The van der Waals surface area contributed by atoms with Crippen LogP contribution >= 0.6 is 0 Å². The van der Waals surface area contributed by atoms with Gasteiger partial charge in [0.15, 0.2) is 9.84 Å². The highest BCUT2D eigenvalue weighted by Crippen LogP contribution is 2.14. The standard InChI is InChI=1S/C16H18N4O3S/c21-16(20-14-3-5-24(22,23)11-14)13-6-15(10-18-9-13)19-8-12-2-1-4-17-7-12/h1-2,4,6-7,9-10,14,19H,3,5,8,11H2,(H,20,21).